The molecule has 2 amide bonds. The normalized spacial score (nSPS) is 13.0. The first kappa shape index (κ1) is 19.3. The van der Waals surface area contributed by atoms with Gasteiger partial charge >= 0.3 is 12.0 Å². The Kier molecular flexibility index (Phi) is 11.1. The van der Waals surface area contributed by atoms with Gasteiger partial charge < -0.3 is 15.7 Å². The molecule has 0 rings (SSSR count). The lowest BCUT2D eigenvalue weighted by atomic mass is 9.94. The van der Waals surface area contributed by atoms with E-state index in [1.807, 2.05) is 6.92 Å². The van der Waals surface area contributed by atoms with Gasteiger partial charge in [-0.05, 0) is 25.2 Å². The molecule has 2 unspecified atom stereocenters. The van der Waals surface area contributed by atoms with Crippen LogP contribution in [-0.2, 0) is 4.79 Å². The van der Waals surface area contributed by atoms with Gasteiger partial charge in [-0.25, -0.2) is 4.79 Å². The van der Waals surface area contributed by atoms with Crippen molar-refractivity contribution in [1.82, 2.24) is 10.6 Å². The van der Waals surface area contributed by atoms with E-state index in [0.717, 1.165) is 25.7 Å². The first-order chi connectivity index (χ1) is 10.0. The van der Waals surface area contributed by atoms with Gasteiger partial charge in [-0.1, -0.05) is 26.7 Å². The summed E-state index contributed by atoms with van der Waals surface area (Å²) >= 11 is 0. The average molecular weight is 296 g/mol. The highest BCUT2D eigenvalue weighted by molar-refractivity contribution is 5.74. The number of urea groups is 1. The topological polar surface area (TPSA) is 78.4 Å². The molecule has 3 N–H and O–H groups in total. The first-order valence-corrected chi connectivity index (χ1v) is 7.73. The maximum Gasteiger partial charge on any atom is 0.315 e. The highest BCUT2D eigenvalue weighted by Crippen LogP contribution is 2.17. The van der Waals surface area contributed by atoms with Crippen molar-refractivity contribution in [2.75, 3.05) is 6.54 Å². The van der Waals surface area contributed by atoms with Crippen molar-refractivity contribution in [3.63, 3.8) is 0 Å². The number of carboxylic acid groups (broad SMARTS) is 1. The lowest BCUT2D eigenvalue weighted by Gasteiger charge is -2.17. The zero-order chi connectivity index (χ0) is 16.1. The number of rotatable bonds is 11. The molecule has 0 aromatic rings. The zero-order valence-corrected chi connectivity index (χ0v) is 13.2. The maximum absolute atomic E-state index is 11.7. The van der Waals surface area contributed by atoms with Crippen LogP contribution in [0.2, 0.25) is 0 Å². The molecule has 0 aliphatic heterocycles. The molecule has 0 aliphatic carbocycles. The van der Waals surface area contributed by atoms with Crippen LogP contribution in [0, 0.1) is 18.3 Å². The van der Waals surface area contributed by atoms with Gasteiger partial charge in [0.15, 0.2) is 0 Å². The monoisotopic (exact) mass is 296 g/mol. The predicted molar refractivity (Wildman–Crippen MR) is 83.9 cm³/mol. The minimum atomic E-state index is -0.762. The Hall–Kier alpha value is -1.70. The third-order valence-electron chi connectivity index (χ3n) is 3.49. The van der Waals surface area contributed by atoms with Crippen molar-refractivity contribution in [1.29, 1.82) is 0 Å². The molecule has 5 heteroatoms. The summed E-state index contributed by atoms with van der Waals surface area (Å²) in [7, 11) is 0. The predicted octanol–water partition coefficient (Wildman–Crippen LogP) is 2.76. The summed E-state index contributed by atoms with van der Waals surface area (Å²) < 4.78 is 0. The summed E-state index contributed by atoms with van der Waals surface area (Å²) in [4.78, 5) is 22.3. The van der Waals surface area contributed by atoms with E-state index in [-0.39, 0.29) is 18.5 Å². The third-order valence-corrected chi connectivity index (χ3v) is 3.49. The Balaban J connectivity index is 3.98. The van der Waals surface area contributed by atoms with E-state index in [9.17, 15) is 9.59 Å². The summed E-state index contributed by atoms with van der Waals surface area (Å²) in [5.74, 6) is 2.13. The highest BCUT2D eigenvalue weighted by Gasteiger charge is 2.12. The van der Waals surface area contributed by atoms with E-state index >= 15 is 0 Å². The molecule has 0 bridgehead atoms. The molecule has 0 saturated heterocycles. The molecule has 0 spiro atoms. The first-order valence-electron chi connectivity index (χ1n) is 7.73. The molecule has 0 aromatic heterocycles. The number of hydrogen-bond donors (Lipinski definition) is 3. The lowest BCUT2D eigenvalue weighted by Crippen LogP contribution is -2.42. The van der Waals surface area contributed by atoms with Crippen LogP contribution in [0.3, 0.4) is 0 Å². The van der Waals surface area contributed by atoms with Gasteiger partial charge in [0.25, 0.3) is 0 Å². The highest BCUT2D eigenvalue weighted by atomic mass is 16.4. The van der Waals surface area contributed by atoms with Gasteiger partial charge in [0, 0.05) is 25.4 Å². The Morgan fingerprint density at radius 2 is 1.95 bits per heavy atom. The Bertz CT molecular complexity index is 350. The Morgan fingerprint density at radius 3 is 2.48 bits per heavy atom. The van der Waals surface area contributed by atoms with Crippen LogP contribution < -0.4 is 10.6 Å². The van der Waals surface area contributed by atoms with E-state index in [1.165, 1.54) is 0 Å². The number of amides is 2. The van der Waals surface area contributed by atoms with E-state index in [0.29, 0.717) is 25.3 Å². The van der Waals surface area contributed by atoms with Crippen LogP contribution in [-0.4, -0.2) is 29.7 Å². The molecular formula is C16H28N2O3. The van der Waals surface area contributed by atoms with Crippen molar-refractivity contribution in [2.45, 2.75) is 64.8 Å². The van der Waals surface area contributed by atoms with E-state index in [4.69, 9.17) is 11.5 Å². The van der Waals surface area contributed by atoms with Crippen molar-refractivity contribution in [3.05, 3.63) is 0 Å². The van der Waals surface area contributed by atoms with Crippen molar-refractivity contribution in [3.8, 4) is 12.3 Å². The summed E-state index contributed by atoms with van der Waals surface area (Å²) in [5.41, 5.74) is 0. The molecule has 0 radical (unpaired) electrons. The van der Waals surface area contributed by atoms with Crippen LogP contribution in [0.15, 0.2) is 0 Å². The number of carboxylic acids is 1. The fraction of sp³-hybridized carbons (Fsp3) is 0.750. The standard InChI is InChI=1S/C16H28N2O3/c1-4-7-13(9-10-15(19)20)11-12-17-16(21)18-14(6-3)8-5-2/h2,13-14H,4,6-12H2,1,3H3,(H,19,20)(H2,17,18,21). The molecule has 0 saturated carbocycles. The summed E-state index contributed by atoms with van der Waals surface area (Å²) in [6.45, 7) is 4.62. The third kappa shape index (κ3) is 10.7. The number of carbonyl (C=O) groups is 2. The zero-order valence-electron chi connectivity index (χ0n) is 13.2. The minimum absolute atomic E-state index is 0.00782. The summed E-state index contributed by atoms with van der Waals surface area (Å²) in [6, 6.07) is -0.195. The van der Waals surface area contributed by atoms with Crippen LogP contribution >= 0.6 is 0 Å². The fourth-order valence-corrected chi connectivity index (χ4v) is 2.23. The van der Waals surface area contributed by atoms with E-state index < -0.39 is 5.97 Å². The second-order valence-corrected chi connectivity index (χ2v) is 5.29. The van der Waals surface area contributed by atoms with Gasteiger partial charge in [0.2, 0.25) is 0 Å². The number of aliphatic carboxylic acids is 1. The average Bonchev–Trinajstić information content (AvgIpc) is 2.44. The molecule has 0 aromatic carbocycles. The van der Waals surface area contributed by atoms with E-state index in [2.05, 4.69) is 23.5 Å². The lowest BCUT2D eigenvalue weighted by molar-refractivity contribution is -0.137. The molecule has 21 heavy (non-hydrogen) atoms. The minimum Gasteiger partial charge on any atom is -0.481 e. The van der Waals surface area contributed by atoms with Gasteiger partial charge in [-0.15, -0.1) is 12.3 Å². The van der Waals surface area contributed by atoms with Crippen LogP contribution in [0.1, 0.15) is 58.8 Å². The SMILES string of the molecule is C#CCC(CC)NC(=O)NCCC(CCC)CCC(=O)O. The van der Waals surface area contributed by atoms with E-state index in [1.54, 1.807) is 0 Å². The van der Waals surface area contributed by atoms with Crippen molar-refractivity contribution in [2.24, 2.45) is 5.92 Å². The van der Waals surface area contributed by atoms with Crippen molar-refractivity contribution >= 4 is 12.0 Å². The van der Waals surface area contributed by atoms with Crippen LogP contribution in [0.4, 0.5) is 4.79 Å². The Labute approximate surface area is 127 Å². The quantitative estimate of drug-likeness (QED) is 0.513. The molecular weight excluding hydrogens is 268 g/mol. The molecule has 120 valence electrons. The van der Waals surface area contributed by atoms with Crippen LogP contribution in [0.25, 0.3) is 0 Å². The maximum atomic E-state index is 11.7. The number of nitrogens with one attached hydrogen (secondary N) is 2. The summed E-state index contributed by atoms with van der Waals surface area (Å²) in [6.07, 6.45) is 10.3. The smallest absolute Gasteiger partial charge is 0.315 e. The molecule has 0 heterocycles. The van der Waals surface area contributed by atoms with Crippen molar-refractivity contribution < 1.29 is 14.7 Å². The van der Waals surface area contributed by atoms with Crippen LogP contribution in [0.5, 0.6) is 0 Å². The summed E-state index contributed by atoms with van der Waals surface area (Å²) in [5, 5.41) is 14.4. The molecule has 2 atom stereocenters. The molecule has 0 aliphatic rings. The van der Waals surface area contributed by atoms with Gasteiger partial charge in [-0.2, -0.15) is 0 Å². The van der Waals surface area contributed by atoms with Gasteiger partial charge in [0.05, 0.1) is 0 Å². The molecule has 5 nitrogen and oxygen atoms in total. The number of carbonyl (C=O) groups excluding carboxylic acids is 1. The largest absolute Gasteiger partial charge is 0.481 e. The molecule has 0 fully saturated rings. The Morgan fingerprint density at radius 1 is 1.24 bits per heavy atom. The number of terminal acetylenes is 1. The second kappa shape index (κ2) is 12.1. The number of hydrogen-bond acceptors (Lipinski definition) is 2. The fourth-order valence-electron chi connectivity index (χ4n) is 2.23. The second-order valence-electron chi connectivity index (χ2n) is 5.29. The van der Waals surface area contributed by atoms with Gasteiger partial charge in [0.1, 0.15) is 0 Å². The van der Waals surface area contributed by atoms with Gasteiger partial charge in [-0.3, -0.25) is 4.79 Å².